The van der Waals surface area contributed by atoms with E-state index in [1.807, 2.05) is 7.05 Å². The number of nitrogens with one attached hydrogen (secondary N) is 1. The molecule has 15 heavy (non-hydrogen) atoms. The first-order valence-corrected chi connectivity index (χ1v) is 7.51. The van der Waals surface area contributed by atoms with Crippen LogP contribution in [-0.4, -0.2) is 58.1 Å². The van der Waals surface area contributed by atoms with Gasteiger partial charge in [0.05, 0.1) is 5.75 Å². The van der Waals surface area contributed by atoms with Crippen LogP contribution in [0.15, 0.2) is 0 Å². The molecule has 0 rings (SSSR count). The zero-order chi connectivity index (χ0) is 11.9. The summed E-state index contributed by atoms with van der Waals surface area (Å²) in [6.07, 6.45) is 2.33. The number of sulfone groups is 1. The van der Waals surface area contributed by atoms with Crippen molar-refractivity contribution in [2.45, 2.75) is 26.3 Å². The molecule has 0 aliphatic heterocycles. The molecule has 0 aromatic carbocycles. The number of rotatable bonds is 8. The minimum absolute atomic E-state index is 0.245. The Bertz CT molecular complexity index is 252. The molecule has 4 nitrogen and oxygen atoms in total. The zero-order valence-electron chi connectivity index (χ0n) is 10.3. The summed E-state index contributed by atoms with van der Waals surface area (Å²) in [6.45, 7) is 6.80. The van der Waals surface area contributed by atoms with Crippen LogP contribution in [-0.2, 0) is 9.84 Å². The second-order valence-electron chi connectivity index (χ2n) is 4.10. The number of hydrogen-bond acceptors (Lipinski definition) is 4. The highest BCUT2D eigenvalue weighted by molar-refractivity contribution is 7.90. The van der Waals surface area contributed by atoms with Gasteiger partial charge in [-0.25, -0.2) is 8.42 Å². The lowest BCUT2D eigenvalue weighted by Gasteiger charge is -2.24. The Balaban J connectivity index is 3.74. The Morgan fingerprint density at radius 3 is 2.47 bits per heavy atom. The molecule has 1 atom stereocenters. The van der Waals surface area contributed by atoms with Crippen LogP contribution < -0.4 is 5.32 Å². The summed E-state index contributed by atoms with van der Waals surface area (Å²) in [5.74, 6) is 0.245. The molecule has 0 aromatic rings. The summed E-state index contributed by atoms with van der Waals surface area (Å²) >= 11 is 0. The lowest BCUT2D eigenvalue weighted by molar-refractivity contribution is 0.258. The summed E-state index contributed by atoms with van der Waals surface area (Å²) in [7, 11) is -0.861. The molecule has 0 bridgehead atoms. The van der Waals surface area contributed by atoms with Gasteiger partial charge in [-0.1, -0.05) is 6.92 Å². The van der Waals surface area contributed by atoms with E-state index in [-0.39, 0.29) is 5.75 Å². The van der Waals surface area contributed by atoms with Gasteiger partial charge < -0.3 is 10.2 Å². The van der Waals surface area contributed by atoms with Gasteiger partial charge in [-0.2, -0.15) is 0 Å². The number of hydrogen-bond donors (Lipinski definition) is 1. The van der Waals surface area contributed by atoms with Crippen molar-refractivity contribution in [3.8, 4) is 0 Å². The van der Waals surface area contributed by atoms with E-state index in [2.05, 4.69) is 24.1 Å². The van der Waals surface area contributed by atoms with E-state index < -0.39 is 9.84 Å². The third-order valence-electron chi connectivity index (χ3n) is 2.56. The first kappa shape index (κ1) is 14.9. The monoisotopic (exact) mass is 236 g/mol. The molecular formula is C10H24N2O2S. The van der Waals surface area contributed by atoms with E-state index >= 15 is 0 Å². The quantitative estimate of drug-likeness (QED) is 0.618. The van der Waals surface area contributed by atoms with Gasteiger partial charge in [0.25, 0.3) is 0 Å². The Labute approximate surface area is 94.0 Å². The third-order valence-corrected chi connectivity index (χ3v) is 3.48. The molecule has 1 N–H and O–H groups in total. The molecule has 92 valence electrons. The Hall–Kier alpha value is -0.130. The van der Waals surface area contributed by atoms with Gasteiger partial charge in [-0.15, -0.1) is 0 Å². The van der Waals surface area contributed by atoms with E-state index in [1.165, 1.54) is 6.26 Å². The van der Waals surface area contributed by atoms with Gasteiger partial charge >= 0.3 is 0 Å². The van der Waals surface area contributed by atoms with Gasteiger partial charge in [0, 0.05) is 18.8 Å². The normalized spacial score (nSPS) is 14.5. The maximum atomic E-state index is 11.0. The van der Waals surface area contributed by atoms with Gasteiger partial charge in [-0.3, -0.25) is 0 Å². The molecule has 0 aromatic heterocycles. The first-order chi connectivity index (χ1) is 6.87. The third kappa shape index (κ3) is 8.84. The van der Waals surface area contributed by atoms with E-state index in [0.29, 0.717) is 12.6 Å². The van der Waals surface area contributed by atoms with E-state index in [0.717, 1.165) is 19.5 Å². The summed E-state index contributed by atoms with van der Waals surface area (Å²) in [4.78, 5) is 2.10. The van der Waals surface area contributed by atoms with Gasteiger partial charge in [-0.05, 0) is 33.5 Å². The molecule has 5 heteroatoms. The minimum atomic E-state index is -2.84. The molecule has 0 saturated heterocycles. The highest BCUT2D eigenvalue weighted by Gasteiger charge is 2.11. The average Bonchev–Trinajstić information content (AvgIpc) is 2.13. The SMILES string of the molecule is CCNCCC(C)N(C)CCS(C)(=O)=O. The highest BCUT2D eigenvalue weighted by atomic mass is 32.2. The number of nitrogens with zero attached hydrogens (tertiary/aromatic N) is 1. The van der Waals surface area contributed by atoms with Crippen LogP contribution in [0.2, 0.25) is 0 Å². The van der Waals surface area contributed by atoms with Crippen LogP contribution >= 0.6 is 0 Å². The molecular weight excluding hydrogens is 212 g/mol. The fraction of sp³-hybridized carbons (Fsp3) is 1.00. The lowest BCUT2D eigenvalue weighted by Crippen LogP contribution is -2.35. The van der Waals surface area contributed by atoms with Crippen LogP contribution in [0.25, 0.3) is 0 Å². The molecule has 0 amide bonds. The standard InChI is InChI=1S/C10H24N2O2S/c1-5-11-7-6-10(2)12(3)8-9-15(4,13)14/h10-11H,5-9H2,1-4H3. The van der Waals surface area contributed by atoms with Gasteiger partial charge in [0.15, 0.2) is 0 Å². The van der Waals surface area contributed by atoms with Crippen molar-refractivity contribution in [2.24, 2.45) is 0 Å². The Morgan fingerprint density at radius 2 is 2.00 bits per heavy atom. The summed E-state index contributed by atoms with van der Waals surface area (Å²) in [6, 6.07) is 0.422. The van der Waals surface area contributed by atoms with Crippen LogP contribution in [0.1, 0.15) is 20.3 Å². The van der Waals surface area contributed by atoms with Crippen molar-refractivity contribution in [3.63, 3.8) is 0 Å². The second-order valence-corrected chi connectivity index (χ2v) is 6.36. The molecule has 0 fully saturated rings. The van der Waals surface area contributed by atoms with Crippen molar-refractivity contribution < 1.29 is 8.42 Å². The van der Waals surface area contributed by atoms with E-state index in [1.54, 1.807) is 0 Å². The van der Waals surface area contributed by atoms with Crippen LogP contribution in [0.3, 0.4) is 0 Å². The summed E-state index contributed by atoms with van der Waals surface area (Å²) < 4.78 is 22.0. The van der Waals surface area contributed by atoms with Gasteiger partial charge in [0.1, 0.15) is 9.84 Å². The first-order valence-electron chi connectivity index (χ1n) is 5.45. The summed E-state index contributed by atoms with van der Waals surface area (Å²) in [5, 5.41) is 3.26. The fourth-order valence-electron chi connectivity index (χ4n) is 1.24. The lowest BCUT2D eigenvalue weighted by atomic mass is 10.2. The van der Waals surface area contributed by atoms with Crippen LogP contribution in [0.5, 0.6) is 0 Å². The average molecular weight is 236 g/mol. The van der Waals surface area contributed by atoms with Crippen molar-refractivity contribution in [1.29, 1.82) is 0 Å². The van der Waals surface area contributed by atoms with E-state index in [9.17, 15) is 8.42 Å². The van der Waals surface area contributed by atoms with Crippen molar-refractivity contribution in [2.75, 3.05) is 38.7 Å². The van der Waals surface area contributed by atoms with Gasteiger partial charge in [0.2, 0.25) is 0 Å². The van der Waals surface area contributed by atoms with Crippen molar-refractivity contribution in [3.05, 3.63) is 0 Å². The van der Waals surface area contributed by atoms with E-state index in [4.69, 9.17) is 0 Å². The van der Waals surface area contributed by atoms with Crippen LogP contribution in [0.4, 0.5) is 0 Å². The predicted octanol–water partition coefficient (Wildman–Crippen LogP) is 0.351. The zero-order valence-corrected chi connectivity index (χ0v) is 11.1. The highest BCUT2D eigenvalue weighted by Crippen LogP contribution is 2.00. The molecule has 0 heterocycles. The largest absolute Gasteiger partial charge is 0.317 e. The smallest absolute Gasteiger partial charge is 0.148 e. The maximum Gasteiger partial charge on any atom is 0.148 e. The molecule has 0 spiro atoms. The maximum absolute atomic E-state index is 11.0. The molecule has 0 radical (unpaired) electrons. The second kappa shape index (κ2) is 7.19. The topological polar surface area (TPSA) is 49.4 Å². The Morgan fingerprint density at radius 1 is 1.40 bits per heavy atom. The van der Waals surface area contributed by atoms with Crippen molar-refractivity contribution >= 4 is 9.84 Å². The molecule has 0 saturated carbocycles. The molecule has 0 aliphatic rings. The summed E-state index contributed by atoms with van der Waals surface area (Å²) in [5.41, 5.74) is 0. The Kier molecular flexibility index (Phi) is 7.13. The molecule has 0 aliphatic carbocycles. The van der Waals surface area contributed by atoms with Crippen LogP contribution in [0, 0.1) is 0 Å². The minimum Gasteiger partial charge on any atom is -0.317 e. The van der Waals surface area contributed by atoms with Crippen molar-refractivity contribution in [1.82, 2.24) is 10.2 Å². The fourth-order valence-corrected chi connectivity index (χ4v) is 1.86. The predicted molar refractivity (Wildman–Crippen MR) is 65.0 cm³/mol. The molecule has 1 unspecified atom stereocenters.